The Labute approximate surface area is 89.6 Å². The van der Waals surface area contributed by atoms with Gasteiger partial charge in [0.25, 0.3) is 0 Å². The quantitative estimate of drug-likeness (QED) is 0.846. The molecule has 5 nitrogen and oxygen atoms in total. The van der Waals surface area contributed by atoms with Crippen LogP contribution in [-0.4, -0.2) is 17.3 Å². The van der Waals surface area contributed by atoms with E-state index in [1.807, 2.05) is 0 Å². The van der Waals surface area contributed by atoms with Crippen LogP contribution in [0, 0.1) is 0 Å². The van der Waals surface area contributed by atoms with Gasteiger partial charge in [-0.25, -0.2) is 4.79 Å². The summed E-state index contributed by atoms with van der Waals surface area (Å²) in [5.74, 6) is 0.172. The predicted octanol–water partition coefficient (Wildman–Crippen LogP) is 1.69. The van der Waals surface area contributed by atoms with E-state index in [9.17, 15) is 4.79 Å². The van der Waals surface area contributed by atoms with Crippen LogP contribution in [0.15, 0.2) is 27.5 Å². The molecule has 0 spiro atoms. The van der Waals surface area contributed by atoms with Gasteiger partial charge in [-0.2, -0.15) is 0 Å². The fraction of sp³-hybridized carbons (Fsp3) is 0.111. The molecule has 0 aliphatic rings. The van der Waals surface area contributed by atoms with Gasteiger partial charge < -0.3 is 4.74 Å². The molecule has 2 rings (SSSR count). The number of aromatic amines is 1. The van der Waals surface area contributed by atoms with Crippen molar-refractivity contribution in [3.63, 3.8) is 0 Å². The summed E-state index contributed by atoms with van der Waals surface area (Å²) in [6.07, 6.45) is 0. The normalized spacial score (nSPS) is 10.3. The van der Waals surface area contributed by atoms with Gasteiger partial charge in [0.2, 0.25) is 0 Å². The van der Waals surface area contributed by atoms with Crippen LogP contribution in [0.5, 0.6) is 5.75 Å². The first kappa shape index (κ1) is 9.79. The van der Waals surface area contributed by atoms with Crippen LogP contribution in [-0.2, 0) is 0 Å². The lowest BCUT2D eigenvalue weighted by Crippen LogP contribution is -1.95. The van der Waals surface area contributed by atoms with Crippen molar-refractivity contribution in [2.45, 2.75) is 0 Å². The molecular weight excluding hydrogens is 220 g/mol. The number of nitrogens with one attached hydrogen (secondary N) is 1. The zero-order valence-corrected chi connectivity index (χ0v) is 8.54. The van der Waals surface area contributed by atoms with Gasteiger partial charge in [-0.15, -0.1) is 0 Å². The maximum atomic E-state index is 10.8. The molecule has 1 aromatic heterocycles. The zero-order valence-electron chi connectivity index (χ0n) is 7.78. The van der Waals surface area contributed by atoms with E-state index in [-0.39, 0.29) is 5.82 Å². The summed E-state index contributed by atoms with van der Waals surface area (Å²) in [6, 6.07) is 5.16. The van der Waals surface area contributed by atoms with Crippen molar-refractivity contribution >= 4 is 11.6 Å². The molecule has 1 N–H and O–H groups in total. The Morgan fingerprint density at radius 3 is 2.93 bits per heavy atom. The van der Waals surface area contributed by atoms with Crippen LogP contribution in [0.1, 0.15) is 0 Å². The highest BCUT2D eigenvalue weighted by Crippen LogP contribution is 2.32. The first-order valence-corrected chi connectivity index (χ1v) is 4.49. The van der Waals surface area contributed by atoms with Crippen LogP contribution >= 0.6 is 11.6 Å². The Morgan fingerprint density at radius 1 is 1.53 bits per heavy atom. The Hall–Kier alpha value is -1.75. The van der Waals surface area contributed by atoms with Crippen molar-refractivity contribution in [3.8, 4) is 17.1 Å². The van der Waals surface area contributed by atoms with E-state index in [2.05, 4.69) is 14.7 Å². The number of aromatic nitrogens is 2. The van der Waals surface area contributed by atoms with E-state index in [0.29, 0.717) is 16.3 Å². The Bertz CT molecular complexity index is 532. The van der Waals surface area contributed by atoms with E-state index in [1.54, 1.807) is 18.2 Å². The van der Waals surface area contributed by atoms with Crippen molar-refractivity contribution in [1.82, 2.24) is 10.1 Å². The number of rotatable bonds is 2. The fourth-order valence-corrected chi connectivity index (χ4v) is 1.49. The summed E-state index contributed by atoms with van der Waals surface area (Å²) in [5, 5.41) is 3.92. The van der Waals surface area contributed by atoms with E-state index in [1.165, 1.54) is 7.11 Å². The molecular formula is C9H7ClN2O3. The molecule has 0 aliphatic heterocycles. The summed E-state index contributed by atoms with van der Waals surface area (Å²) < 4.78 is 9.42. The third-order valence-corrected chi connectivity index (χ3v) is 2.27. The predicted molar refractivity (Wildman–Crippen MR) is 54.1 cm³/mol. The minimum atomic E-state index is -0.621. The summed E-state index contributed by atoms with van der Waals surface area (Å²) in [4.78, 5) is 13.2. The van der Waals surface area contributed by atoms with Gasteiger partial charge >= 0.3 is 5.76 Å². The third kappa shape index (κ3) is 1.73. The standard InChI is InChI=1S/C9H7ClN2O3/c1-14-6-4-2-3-5(7(6)10)8-11-9(13)15-12-8/h2-4H,1H3,(H,11,12,13). The zero-order chi connectivity index (χ0) is 10.8. The average molecular weight is 227 g/mol. The van der Waals surface area contributed by atoms with Crippen LogP contribution < -0.4 is 10.5 Å². The second kappa shape index (κ2) is 3.78. The van der Waals surface area contributed by atoms with E-state index < -0.39 is 5.76 Å². The molecule has 6 heteroatoms. The monoisotopic (exact) mass is 226 g/mol. The highest BCUT2D eigenvalue weighted by Gasteiger charge is 2.11. The lowest BCUT2D eigenvalue weighted by Gasteiger charge is -2.04. The third-order valence-electron chi connectivity index (χ3n) is 1.88. The number of methoxy groups -OCH3 is 1. The summed E-state index contributed by atoms with van der Waals surface area (Å²) >= 11 is 6.02. The molecule has 0 aliphatic carbocycles. The van der Waals surface area contributed by atoms with Crippen LogP contribution in [0.2, 0.25) is 5.02 Å². The molecule has 0 bridgehead atoms. The molecule has 0 fully saturated rings. The molecule has 1 aromatic carbocycles. The minimum Gasteiger partial charge on any atom is -0.495 e. The lowest BCUT2D eigenvalue weighted by atomic mass is 10.2. The topological polar surface area (TPSA) is 68.1 Å². The molecule has 15 heavy (non-hydrogen) atoms. The molecule has 0 unspecified atom stereocenters. The first-order chi connectivity index (χ1) is 7.22. The molecule has 78 valence electrons. The van der Waals surface area contributed by atoms with Crippen LogP contribution in [0.3, 0.4) is 0 Å². The van der Waals surface area contributed by atoms with Crippen molar-refractivity contribution in [3.05, 3.63) is 33.8 Å². The molecule has 0 saturated carbocycles. The van der Waals surface area contributed by atoms with Gasteiger partial charge in [0.05, 0.1) is 12.1 Å². The Morgan fingerprint density at radius 2 is 2.33 bits per heavy atom. The number of nitrogens with zero attached hydrogens (tertiary/aromatic N) is 1. The SMILES string of the molecule is COc1cccc(-c2noc(=O)[nH]2)c1Cl. The Kier molecular flexibility index (Phi) is 2.47. The summed E-state index contributed by atoms with van der Waals surface area (Å²) in [7, 11) is 1.51. The lowest BCUT2D eigenvalue weighted by molar-refractivity contribution is 0.388. The fourth-order valence-electron chi connectivity index (χ4n) is 1.20. The Balaban J connectivity index is 2.58. The molecule has 2 aromatic rings. The maximum absolute atomic E-state index is 10.8. The van der Waals surface area contributed by atoms with Crippen LogP contribution in [0.25, 0.3) is 11.4 Å². The first-order valence-electron chi connectivity index (χ1n) is 4.11. The van der Waals surface area contributed by atoms with Gasteiger partial charge in [-0.3, -0.25) is 9.51 Å². The van der Waals surface area contributed by atoms with Crippen molar-refractivity contribution in [2.24, 2.45) is 0 Å². The number of benzene rings is 1. The number of hydrogen-bond acceptors (Lipinski definition) is 4. The summed E-state index contributed by atoms with van der Waals surface area (Å²) in [5.41, 5.74) is 0.557. The van der Waals surface area contributed by atoms with Gasteiger partial charge in [0.1, 0.15) is 5.75 Å². The van der Waals surface area contributed by atoms with E-state index in [0.717, 1.165) is 0 Å². The van der Waals surface area contributed by atoms with Crippen LogP contribution in [0.4, 0.5) is 0 Å². The molecule has 0 radical (unpaired) electrons. The minimum absolute atomic E-state index is 0.281. The van der Waals surface area contributed by atoms with Crippen molar-refractivity contribution in [2.75, 3.05) is 7.11 Å². The number of H-pyrrole nitrogens is 1. The second-order valence-electron chi connectivity index (χ2n) is 2.77. The highest BCUT2D eigenvalue weighted by molar-refractivity contribution is 6.34. The van der Waals surface area contributed by atoms with Gasteiger partial charge in [-0.1, -0.05) is 22.8 Å². The highest BCUT2D eigenvalue weighted by atomic mass is 35.5. The van der Waals surface area contributed by atoms with Crippen molar-refractivity contribution in [1.29, 1.82) is 0 Å². The molecule has 0 saturated heterocycles. The van der Waals surface area contributed by atoms with Gasteiger partial charge in [-0.05, 0) is 12.1 Å². The van der Waals surface area contributed by atoms with E-state index >= 15 is 0 Å². The average Bonchev–Trinajstić information content (AvgIpc) is 2.65. The molecule has 0 amide bonds. The number of hydrogen-bond donors (Lipinski definition) is 1. The molecule has 1 heterocycles. The van der Waals surface area contributed by atoms with Gasteiger partial charge in [0.15, 0.2) is 5.82 Å². The van der Waals surface area contributed by atoms with Gasteiger partial charge in [0, 0.05) is 5.56 Å². The second-order valence-corrected chi connectivity index (χ2v) is 3.14. The van der Waals surface area contributed by atoms with E-state index in [4.69, 9.17) is 16.3 Å². The smallest absolute Gasteiger partial charge is 0.439 e. The number of halogens is 1. The maximum Gasteiger partial charge on any atom is 0.439 e. The largest absolute Gasteiger partial charge is 0.495 e. The van der Waals surface area contributed by atoms with Crippen molar-refractivity contribution < 1.29 is 9.26 Å². The molecule has 0 atom stereocenters. The summed E-state index contributed by atoms with van der Waals surface area (Å²) in [6.45, 7) is 0. The number of ether oxygens (including phenoxy) is 1.